The van der Waals surface area contributed by atoms with Gasteiger partial charge in [0.1, 0.15) is 5.82 Å². The highest BCUT2D eigenvalue weighted by Gasteiger charge is 2.48. The lowest BCUT2D eigenvalue weighted by Gasteiger charge is -2.28. The quantitative estimate of drug-likeness (QED) is 0.900. The Balaban J connectivity index is 1.44. The Labute approximate surface area is 151 Å². The average Bonchev–Trinajstić information content (AvgIpc) is 2.92. The zero-order chi connectivity index (χ0) is 17.3. The lowest BCUT2D eigenvalue weighted by Crippen LogP contribution is -2.31. The maximum atomic E-state index is 11.8. The van der Waals surface area contributed by atoms with E-state index in [1.807, 2.05) is 17.4 Å². The number of amides is 1. The van der Waals surface area contributed by atoms with Gasteiger partial charge in [-0.25, -0.2) is 9.97 Å². The van der Waals surface area contributed by atoms with Crippen LogP contribution < -0.4 is 10.2 Å². The minimum Gasteiger partial charge on any atom is -0.351 e. The predicted octanol–water partition coefficient (Wildman–Crippen LogP) is 3.17. The van der Waals surface area contributed by atoms with Gasteiger partial charge in [-0.15, -0.1) is 11.3 Å². The molecule has 1 amide bonds. The van der Waals surface area contributed by atoms with Gasteiger partial charge in [0.05, 0.1) is 35.0 Å². The summed E-state index contributed by atoms with van der Waals surface area (Å²) in [5, 5.41) is 4.18. The molecular weight excluding hydrogens is 332 g/mol. The van der Waals surface area contributed by atoms with Crippen molar-refractivity contribution in [2.75, 3.05) is 11.4 Å². The molecule has 1 fully saturated rings. The number of fused-ring (bicyclic) bond motifs is 2. The van der Waals surface area contributed by atoms with E-state index in [1.165, 1.54) is 22.0 Å². The molecule has 1 N–H and O–H groups in total. The third kappa shape index (κ3) is 2.38. The Hall–Kier alpha value is -1.95. The van der Waals surface area contributed by atoms with Gasteiger partial charge in [-0.1, -0.05) is 13.8 Å². The molecule has 1 saturated carbocycles. The van der Waals surface area contributed by atoms with E-state index in [1.54, 1.807) is 0 Å². The standard InChI is InChI=1S/C19H22N4OS/c1-10-6-11-14(8-20-17(11)24)21-16(10)23-5-4-13-15(9-23)25-18(22-13)12-7-19(12,2)3/h6,12H,4-5,7-9H2,1-3H3,(H,20,24). The molecule has 3 aliphatic rings. The van der Waals surface area contributed by atoms with Crippen molar-refractivity contribution >= 4 is 23.1 Å². The number of thiazole rings is 1. The first-order valence-electron chi connectivity index (χ1n) is 8.94. The largest absolute Gasteiger partial charge is 0.351 e. The van der Waals surface area contributed by atoms with Crippen LogP contribution in [0.25, 0.3) is 0 Å². The second-order valence-electron chi connectivity index (χ2n) is 8.14. The van der Waals surface area contributed by atoms with Crippen LogP contribution in [0.2, 0.25) is 0 Å². The van der Waals surface area contributed by atoms with Crippen LogP contribution in [0.1, 0.15) is 63.4 Å². The second-order valence-corrected chi connectivity index (χ2v) is 9.26. The van der Waals surface area contributed by atoms with Crippen LogP contribution in [-0.2, 0) is 19.5 Å². The molecule has 2 aromatic heterocycles. The minimum absolute atomic E-state index is 0.00257. The summed E-state index contributed by atoms with van der Waals surface area (Å²) >= 11 is 1.89. The van der Waals surface area contributed by atoms with E-state index in [2.05, 4.69) is 31.0 Å². The van der Waals surface area contributed by atoms with Crippen molar-refractivity contribution in [2.24, 2.45) is 5.41 Å². The third-order valence-corrected chi connectivity index (χ3v) is 6.98. The van der Waals surface area contributed by atoms with Crippen LogP contribution in [0.3, 0.4) is 0 Å². The first-order chi connectivity index (χ1) is 11.9. The molecule has 1 atom stereocenters. The number of nitrogens with one attached hydrogen (secondary N) is 1. The van der Waals surface area contributed by atoms with Gasteiger partial charge < -0.3 is 10.2 Å². The molecule has 1 unspecified atom stereocenters. The number of rotatable bonds is 2. The fourth-order valence-electron chi connectivity index (χ4n) is 3.99. The van der Waals surface area contributed by atoms with E-state index in [9.17, 15) is 4.79 Å². The summed E-state index contributed by atoms with van der Waals surface area (Å²) in [7, 11) is 0. The number of nitrogens with zero attached hydrogens (tertiary/aromatic N) is 3. The zero-order valence-electron chi connectivity index (χ0n) is 14.8. The Kier molecular flexibility index (Phi) is 3.08. The number of aromatic nitrogens is 2. The lowest BCUT2D eigenvalue weighted by atomic mass is 10.1. The number of hydrogen-bond donors (Lipinski definition) is 1. The van der Waals surface area contributed by atoms with E-state index in [0.717, 1.165) is 42.1 Å². The summed E-state index contributed by atoms with van der Waals surface area (Å²) in [5.41, 5.74) is 4.40. The number of carbonyl (C=O) groups is 1. The summed E-state index contributed by atoms with van der Waals surface area (Å²) in [5.74, 6) is 1.66. The van der Waals surface area contributed by atoms with Gasteiger partial charge in [0.15, 0.2) is 0 Å². The van der Waals surface area contributed by atoms with Crippen LogP contribution in [0.5, 0.6) is 0 Å². The van der Waals surface area contributed by atoms with Crippen LogP contribution in [0.4, 0.5) is 5.82 Å². The monoisotopic (exact) mass is 354 g/mol. The summed E-state index contributed by atoms with van der Waals surface area (Å²) in [4.78, 5) is 25.3. The van der Waals surface area contributed by atoms with Gasteiger partial charge in [0, 0.05) is 23.8 Å². The fourth-order valence-corrected chi connectivity index (χ4v) is 5.42. The van der Waals surface area contributed by atoms with Gasteiger partial charge in [0.25, 0.3) is 5.91 Å². The summed E-state index contributed by atoms with van der Waals surface area (Å²) in [6, 6.07) is 1.99. The maximum absolute atomic E-state index is 11.8. The third-order valence-electron chi connectivity index (χ3n) is 5.79. The van der Waals surface area contributed by atoms with E-state index in [4.69, 9.17) is 9.97 Å². The number of carbonyl (C=O) groups excluding carboxylic acids is 1. The van der Waals surface area contributed by atoms with Crippen molar-refractivity contribution in [3.05, 3.63) is 38.5 Å². The van der Waals surface area contributed by atoms with Crippen molar-refractivity contribution in [2.45, 2.75) is 52.6 Å². The van der Waals surface area contributed by atoms with Gasteiger partial charge in [0.2, 0.25) is 0 Å². The number of pyridine rings is 1. The molecule has 6 heteroatoms. The minimum atomic E-state index is -0.00257. The highest BCUT2D eigenvalue weighted by molar-refractivity contribution is 7.11. The maximum Gasteiger partial charge on any atom is 0.253 e. The van der Waals surface area contributed by atoms with Crippen molar-refractivity contribution < 1.29 is 4.79 Å². The van der Waals surface area contributed by atoms with E-state index >= 15 is 0 Å². The molecule has 5 nitrogen and oxygen atoms in total. The molecule has 0 spiro atoms. The normalized spacial score (nSPS) is 23.2. The van der Waals surface area contributed by atoms with Crippen molar-refractivity contribution in [3.63, 3.8) is 0 Å². The topological polar surface area (TPSA) is 58.1 Å². The SMILES string of the molecule is Cc1cc2c(nc1N1CCc3nc(C4CC4(C)C)sc3C1)CNC2=O. The Bertz CT molecular complexity index is 901. The van der Waals surface area contributed by atoms with Gasteiger partial charge in [-0.2, -0.15) is 0 Å². The molecule has 0 saturated heterocycles. The summed E-state index contributed by atoms with van der Waals surface area (Å²) in [6.07, 6.45) is 2.24. The van der Waals surface area contributed by atoms with E-state index in [-0.39, 0.29) is 5.91 Å². The van der Waals surface area contributed by atoms with Gasteiger partial charge >= 0.3 is 0 Å². The van der Waals surface area contributed by atoms with Crippen molar-refractivity contribution in [1.29, 1.82) is 0 Å². The molecule has 0 aromatic carbocycles. The van der Waals surface area contributed by atoms with E-state index in [0.29, 0.717) is 17.9 Å². The summed E-state index contributed by atoms with van der Waals surface area (Å²) < 4.78 is 0. The molecule has 2 aromatic rings. The Morgan fingerprint density at radius 1 is 1.32 bits per heavy atom. The second kappa shape index (κ2) is 5.04. The molecule has 1 aliphatic carbocycles. The number of hydrogen-bond acceptors (Lipinski definition) is 5. The lowest BCUT2D eigenvalue weighted by molar-refractivity contribution is 0.0965. The first-order valence-corrected chi connectivity index (χ1v) is 9.76. The zero-order valence-corrected chi connectivity index (χ0v) is 15.7. The van der Waals surface area contributed by atoms with Crippen molar-refractivity contribution in [3.8, 4) is 0 Å². The first kappa shape index (κ1) is 15.3. The van der Waals surface area contributed by atoms with Crippen LogP contribution in [0.15, 0.2) is 6.07 Å². The van der Waals surface area contributed by atoms with Gasteiger partial charge in [-0.3, -0.25) is 4.79 Å². The van der Waals surface area contributed by atoms with Crippen molar-refractivity contribution in [1.82, 2.24) is 15.3 Å². The molecule has 4 heterocycles. The highest BCUT2D eigenvalue weighted by Crippen LogP contribution is 2.59. The highest BCUT2D eigenvalue weighted by atomic mass is 32.1. The van der Waals surface area contributed by atoms with Crippen LogP contribution >= 0.6 is 11.3 Å². The Morgan fingerprint density at radius 3 is 2.88 bits per heavy atom. The van der Waals surface area contributed by atoms with Gasteiger partial charge in [-0.05, 0) is 30.4 Å². The van der Waals surface area contributed by atoms with Crippen LogP contribution in [0, 0.1) is 12.3 Å². The van der Waals surface area contributed by atoms with E-state index < -0.39 is 0 Å². The molecule has 0 radical (unpaired) electrons. The smallest absolute Gasteiger partial charge is 0.253 e. The fraction of sp³-hybridized carbons (Fsp3) is 0.526. The molecule has 5 rings (SSSR count). The molecule has 130 valence electrons. The van der Waals surface area contributed by atoms with Crippen LogP contribution in [-0.4, -0.2) is 22.4 Å². The molecule has 0 bridgehead atoms. The molecule has 2 aliphatic heterocycles. The predicted molar refractivity (Wildman–Crippen MR) is 98.2 cm³/mol. The number of anilines is 1. The number of aryl methyl sites for hydroxylation is 1. The summed E-state index contributed by atoms with van der Waals surface area (Å²) in [6.45, 7) is 9.08. The average molecular weight is 354 g/mol. The Morgan fingerprint density at radius 2 is 2.12 bits per heavy atom. The molecule has 25 heavy (non-hydrogen) atoms. The molecular formula is C19H22N4OS.